The van der Waals surface area contributed by atoms with E-state index in [4.69, 9.17) is 9.84 Å². The van der Waals surface area contributed by atoms with Crippen LogP contribution in [-0.4, -0.2) is 43.5 Å². The van der Waals surface area contributed by atoms with Crippen LogP contribution in [0, 0.1) is 5.82 Å². The highest BCUT2D eigenvalue weighted by Crippen LogP contribution is 2.28. The Balaban J connectivity index is 2.40. The Morgan fingerprint density at radius 1 is 1.50 bits per heavy atom. The van der Waals surface area contributed by atoms with E-state index in [2.05, 4.69) is 0 Å². The fourth-order valence-corrected chi connectivity index (χ4v) is 3.88. The minimum absolute atomic E-state index is 0.0693. The van der Waals surface area contributed by atoms with Crippen molar-refractivity contribution in [1.29, 1.82) is 0 Å². The van der Waals surface area contributed by atoms with Crippen molar-refractivity contribution in [3.05, 3.63) is 24.0 Å². The molecule has 1 atom stereocenters. The number of ether oxygens (including phenoxy) is 1. The Kier molecular flexibility index (Phi) is 3.96. The lowest BCUT2D eigenvalue weighted by Gasteiger charge is -2.21. The summed E-state index contributed by atoms with van der Waals surface area (Å²) in [6.45, 7) is 0.118. The highest BCUT2D eigenvalue weighted by Gasteiger charge is 2.39. The molecule has 0 saturated carbocycles. The Hall–Kier alpha value is -1.67. The van der Waals surface area contributed by atoms with Crippen molar-refractivity contribution >= 4 is 16.0 Å². The predicted octanol–water partition coefficient (Wildman–Crippen LogP) is 1.07. The van der Waals surface area contributed by atoms with Crippen LogP contribution >= 0.6 is 0 Å². The summed E-state index contributed by atoms with van der Waals surface area (Å²) in [6, 6.07) is 2.15. The molecule has 1 aliphatic rings. The Bertz CT molecular complexity index is 631. The molecular formula is C12H14FNO5S. The fourth-order valence-electron chi connectivity index (χ4n) is 2.22. The summed E-state index contributed by atoms with van der Waals surface area (Å²) in [4.78, 5) is 10.8. The van der Waals surface area contributed by atoms with Crippen LogP contribution in [0.3, 0.4) is 0 Å². The van der Waals surface area contributed by atoms with Gasteiger partial charge in [0.15, 0.2) is 11.6 Å². The van der Waals surface area contributed by atoms with Gasteiger partial charge in [0.2, 0.25) is 10.0 Å². The maximum Gasteiger partial charge on any atom is 0.322 e. The zero-order chi connectivity index (χ0) is 14.9. The number of rotatable bonds is 4. The lowest BCUT2D eigenvalue weighted by atomic mass is 10.2. The monoisotopic (exact) mass is 303 g/mol. The molecule has 1 aromatic carbocycles. The van der Waals surface area contributed by atoms with Crippen LogP contribution in [0.2, 0.25) is 0 Å². The van der Waals surface area contributed by atoms with Crippen molar-refractivity contribution in [2.24, 2.45) is 0 Å². The van der Waals surface area contributed by atoms with E-state index < -0.39 is 27.9 Å². The van der Waals surface area contributed by atoms with Crippen LogP contribution in [0.25, 0.3) is 0 Å². The maximum atomic E-state index is 13.6. The first-order valence-electron chi connectivity index (χ1n) is 5.96. The molecule has 6 nitrogen and oxygen atoms in total. The van der Waals surface area contributed by atoms with Crippen molar-refractivity contribution in [2.45, 2.75) is 23.8 Å². The molecule has 0 radical (unpaired) electrons. The third-order valence-corrected chi connectivity index (χ3v) is 5.12. The molecule has 1 aromatic rings. The quantitative estimate of drug-likeness (QED) is 0.899. The number of aliphatic carboxylic acids is 1. The molecule has 1 fully saturated rings. The summed E-state index contributed by atoms with van der Waals surface area (Å²) in [5.74, 6) is -2.07. The lowest BCUT2D eigenvalue weighted by Crippen LogP contribution is -2.40. The van der Waals surface area contributed by atoms with Crippen LogP contribution in [0.5, 0.6) is 5.75 Å². The van der Waals surface area contributed by atoms with Gasteiger partial charge >= 0.3 is 5.97 Å². The van der Waals surface area contributed by atoms with Gasteiger partial charge in [-0.2, -0.15) is 4.31 Å². The number of carboxylic acids is 1. The summed E-state index contributed by atoms with van der Waals surface area (Å²) >= 11 is 0. The van der Waals surface area contributed by atoms with E-state index in [9.17, 15) is 17.6 Å². The van der Waals surface area contributed by atoms with E-state index in [1.807, 2.05) is 0 Å². The summed E-state index contributed by atoms with van der Waals surface area (Å²) in [7, 11) is -2.75. The molecule has 2 rings (SSSR count). The zero-order valence-corrected chi connectivity index (χ0v) is 11.6. The van der Waals surface area contributed by atoms with E-state index in [1.165, 1.54) is 19.2 Å². The first-order valence-corrected chi connectivity index (χ1v) is 7.40. The van der Waals surface area contributed by atoms with E-state index in [0.29, 0.717) is 6.42 Å². The van der Waals surface area contributed by atoms with Crippen molar-refractivity contribution in [3.8, 4) is 5.75 Å². The van der Waals surface area contributed by atoms with Crippen molar-refractivity contribution < 1.29 is 27.4 Å². The topological polar surface area (TPSA) is 83.9 Å². The van der Waals surface area contributed by atoms with Gasteiger partial charge in [-0.25, -0.2) is 12.8 Å². The highest BCUT2D eigenvalue weighted by atomic mass is 32.2. The number of halogens is 1. The van der Waals surface area contributed by atoms with Gasteiger partial charge in [-0.05, 0) is 31.0 Å². The molecule has 1 saturated heterocycles. The van der Waals surface area contributed by atoms with Crippen molar-refractivity contribution in [1.82, 2.24) is 4.31 Å². The third-order valence-electron chi connectivity index (χ3n) is 3.22. The fraction of sp³-hybridized carbons (Fsp3) is 0.417. The summed E-state index contributed by atoms with van der Waals surface area (Å²) < 4.78 is 43.9. The van der Waals surface area contributed by atoms with Crippen LogP contribution in [0.4, 0.5) is 4.39 Å². The second-order valence-corrected chi connectivity index (χ2v) is 6.30. The Morgan fingerprint density at radius 3 is 2.75 bits per heavy atom. The Labute approximate surface area is 115 Å². The minimum atomic E-state index is -4.02. The molecule has 0 spiro atoms. The van der Waals surface area contributed by atoms with Crippen LogP contribution in [0.1, 0.15) is 12.8 Å². The molecule has 0 amide bonds. The minimum Gasteiger partial charge on any atom is -0.494 e. The van der Waals surface area contributed by atoms with Gasteiger partial charge in [-0.3, -0.25) is 4.79 Å². The standard InChI is InChI=1S/C12H14FNO5S/c1-19-11-5-4-8(7-9(11)13)20(17,18)14-6-2-3-10(14)12(15)16/h4-5,7,10H,2-3,6H2,1H3,(H,15,16). The van der Waals surface area contributed by atoms with E-state index >= 15 is 0 Å². The smallest absolute Gasteiger partial charge is 0.322 e. The van der Waals surface area contributed by atoms with Crippen molar-refractivity contribution in [2.75, 3.05) is 13.7 Å². The summed E-state index contributed by atoms with van der Waals surface area (Å²) in [6.07, 6.45) is 0.724. The first kappa shape index (κ1) is 14.7. The van der Waals surface area contributed by atoms with E-state index in [-0.39, 0.29) is 23.6 Å². The van der Waals surface area contributed by atoms with Gasteiger partial charge < -0.3 is 9.84 Å². The van der Waals surface area contributed by atoms with E-state index in [0.717, 1.165) is 10.4 Å². The molecule has 1 unspecified atom stereocenters. The Morgan fingerprint density at radius 2 is 2.20 bits per heavy atom. The number of benzene rings is 1. The van der Waals surface area contributed by atoms with Gasteiger partial charge in [0, 0.05) is 6.54 Å². The van der Waals surface area contributed by atoms with Gasteiger partial charge in [0.05, 0.1) is 12.0 Å². The number of carbonyl (C=O) groups is 1. The number of carboxylic acid groups (broad SMARTS) is 1. The number of methoxy groups -OCH3 is 1. The number of sulfonamides is 1. The molecule has 110 valence electrons. The zero-order valence-electron chi connectivity index (χ0n) is 10.7. The molecule has 0 aromatic heterocycles. The van der Waals surface area contributed by atoms with Gasteiger partial charge in [-0.15, -0.1) is 0 Å². The van der Waals surface area contributed by atoms with E-state index in [1.54, 1.807) is 0 Å². The average molecular weight is 303 g/mol. The second-order valence-electron chi connectivity index (χ2n) is 4.41. The number of hydrogen-bond acceptors (Lipinski definition) is 4. The van der Waals surface area contributed by atoms with Gasteiger partial charge in [0.1, 0.15) is 6.04 Å². The number of hydrogen-bond donors (Lipinski definition) is 1. The largest absolute Gasteiger partial charge is 0.494 e. The highest BCUT2D eigenvalue weighted by molar-refractivity contribution is 7.89. The molecular weight excluding hydrogens is 289 g/mol. The molecule has 20 heavy (non-hydrogen) atoms. The second kappa shape index (κ2) is 5.37. The molecule has 0 aliphatic carbocycles. The molecule has 8 heteroatoms. The van der Waals surface area contributed by atoms with Gasteiger partial charge in [-0.1, -0.05) is 0 Å². The molecule has 0 bridgehead atoms. The van der Waals surface area contributed by atoms with Crippen LogP contribution in [0.15, 0.2) is 23.1 Å². The SMILES string of the molecule is COc1ccc(S(=O)(=O)N2CCCC2C(=O)O)cc1F. The van der Waals surface area contributed by atoms with Crippen LogP contribution < -0.4 is 4.74 Å². The summed E-state index contributed by atoms with van der Waals surface area (Å²) in [5.41, 5.74) is 0. The molecule has 1 N–H and O–H groups in total. The molecule has 1 heterocycles. The van der Waals surface area contributed by atoms with Crippen LogP contribution in [-0.2, 0) is 14.8 Å². The predicted molar refractivity (Wildman–Crippen MR) is 67.5 cm³/mol. The first-order chi connectivity index (χ1) is 9.37. The maximum absolute atomic E-state index is 13.6. The number of nitrogens with zero attached hydrogens (tertiary/aromatic N) is 1. The lowest BCUT2D eigenvalue weighted by molar-refractivity contribution is -0.140. The summed E-state index contributed by atoms with van der Waals surface area (Å²) in [5, 5.41) is 9.03. The average Bonchev–Trinajstić information content (AvgIpc) is 2.88. The van der Waals surface area contributed by atoms with Gasteiger partial charge in [0.25, 0.3) is 0 Å². The van der Waals surface area contributed by atoms with Crippen molar-refractivity contribution in [3.63, 3.8) is 0 Å². The normalized spacial score (nSPS) is 20.0. The third kappa shape index (κ3) is 2.48. The molecule has 1 aliphatic heterocycles.